The largest absolute Gasteiger partial charge is 0.465 e. The third-order valence-corrected chi connectivity index (χ3v) is 3.51. The van der Waals surface area contributed by atoms with Crippen molar-refractivity contribution < 1.29 is 9.90 Å². The minimum atomic E-state index is -0.858. The topological polar surface area (TPSA) is 43.8 Å². The summed E-state index contributed by atoms with van der Waals surface area (Å²) < 4.78 is 0. The van der Waals surface area contributed by atoms with Crippen LogP contribution in [0.4, 0.5) is 16.2 Å². The van der Waals surface area contributed by atoms with Crippen molar-refractivity contribution in [2.75, 3.05) is 29.4 Å². The molecule has 0 saturated heterocycles. The highest BCUT2D eigenvalue weighted by Gasteiger charge is 2.30. The van der Waals surface area contributed by atoms with Crippen LogP contribution in [0.15, 0.2) is 24.3 Å². The van der Waals surface area contributed by atoms with E-state index in [4.69, 9.17) is 0 Å². The molecule has 1 aliphatic heterocycles. The van der Waals surface area contributed by atoms with E-state index in [1.54, 1.807) is 0 Å². The molecule has 2 aliphatic rings. The van der Waals surface area contributed by atoms with Crippen LogP contribution in [0.25, 0.3) is 0 Å². The van der Waals surface area contributed by atoms with Gasteiger partial charge in [-0.1, -0.05) is 12.1 Å². The lowest BCUT2D eigenvalue weighted by Crippen LogP contribution is -2.44. The molecule has 1 aliphatic carbocycles. The number of hydrogen-bond donors (Lipinski definition) is 1. The number of benzene rings is 1. The van der Waals surface area contributed by atoms with E-state index in [2.05, 4.69) is 4.90 Å². The maximum atomic E-state index is 11.2. The molecule has 1 fully saturated rings. The Kier molecular flexibility index (Phi) is 2.42. The van der Waals surface area contributed by atoms with Gasteiger partial charge in [-0.2, -0.15) is 0 Å². The standard InChI is InChI=1S/C13H16N2O2/c16-13(17)15-8-7-14(9-10-5-6-10)11-3-1-2-4-12(11)15/h1-4,10H,5-9H2,(H,16,17). The van der Waals surface area contributed by atoms with Crippen molar-refractivity contribution in [2.24, 2.45) is 5.92 Å². The van der Waals surface area contributed by atoms with Gasteiger partial charge in [0.25, 0.3) is 0 Å². The van der Waals surface area contributed by atoms with Crippen LogP contribution in [0.1, 0.15) is 12.8 Å². The summed E-state index contributed by atoms with van der Waals surface area (Å²) in [6.45, 7) is 2.45. The van der Waals surface area contributed by atoms with Crippen molar-refractivity contribution in [3.63, 3.8) is 0 Å². The normalized spacial score (nSPS) is 19.1. The van der Waals surface area contributed by atoms with Gasteiger partial charge in [0.2, 0.25) is 0 Å². The van der Waals surface area contributed by atoms with Crippen molar-refractivity contribution in [1.82, 2.24) is 0 Å². The molecule has 1 aromatic rings. The van der Waals surface area contributed by atoms with Crippen LogP contribution in [0.3, 0.4) is 0 Å². The van der Waals surface area contributed by atoms with Crippen molar-refractivity contribution >= 4 is 17.5 Å². The van der Waals surface area contributed by atoms with Gasteiger partial charge in [-0.25, -0.2) is 4.79 Å². The molecule has 90 valence electrons. The van der Waals surface area contributed by atoms with Gasteiger partial charge in [-0.05, 0) is 30.9 Å². The minimum Gasteiger partial charge on any atom is -0.465 e. The maximum absolute atomic E-state index is 11.2. The zero-order chi connectivity index (χ0) is 11.8. The van der Waals surface area contributed by atoms with Crippen LogP contribution in [0.5, 0.6) is 0 Å². The van der Waals surface area contributed by atoms with Crippen LogP contribution in [0, 0.1) is 5.92 Å². The van der Waals surface area contributed by atoms with Gasteiger partial charge in [-0.15, -0.1) is 0 Å². The lowest BCUT2D eigenvalue weighted by molar-refractivity contribution is 0.201. The van der Waals surface area contributed by atoms with Crippen LogP contribution < -0.4 is 9.80 Å². The molecule has 0 unspecified atom stereocenters. The zero-order valence-electron chi connectivity index (χ0n) is 9.67. The van der Waals surface area contributed by atoms with E-state index in [-0.39, 0.29) is 0 Å². The molecule has 4 heteroatoms. The highest BCUT2D eigenvalue weighted by molar-refractivity contribution is 5.92. The van der Waals surface area contributed by atoms with Crippen molar-refractivity contribution in [1.29, 1.82) is 0 Å². The smallest absolute Gasteiger partial charge is 0.411 e. The molecular weight excluding hydrogens is 216 g/mol. The molecule has 0 radical (unpaired) electrons. The summed E-state index contributed by atoms with van der Waals surface area (Å²) in [6.07, 6.45) is 1.78. The molecular formula is C13H16N2O2. The summed E-state index contributed by atoms with van der Waals surface area (Å²) in [5, 5.41) is 9.17. The van der Waals surface area contributed by atoms with E-state index in [1.165, 1.54) is 17.7 Å². The Balaban J connectivity index is 1.91. The Hall–Kier alpha value is -1.71. The first-order chi connectivity index (χ1) is 8.25. The number of anilines is 2. The number of fused-ring (bicyclic) bond motifs is 1. The summed E-state index contributed by atoms with van der Waals surface area (Å²) >= 11 is 0. The molecule has 3 rings (SSSR count). The quantitative estimate of drug-likeness (QED) is 0.851. The Morgan fingerprint density at radius 2 is 1.94 bits per heavy atom. The Labute approximate surface area is 100 Å². The molecule has 1 heterocycles. The number of rotatable bonds is 2. The van der Waals surface area contributed by atoms with Crippen LogP contribution >= 0.6 is 0 Å². The number of amides is 1. The first-order valence-corrected chi connectivity index (χ1v) is 6.10. The van der Waals surface area contributed by atoms with E-state index in [0.29, 0.717) is 6.54 Å². The Morgan fingerprint density at radius 1 is 1.24 bits per heavy atom. The molecule has 0 atom stereocenters. The van der Waals surface area contributed by atoms with Gasteiger partial charge < -0.3 is 10.0 Å². The van der Waals surface area contributed by atoms with Crippen LogP contribution in [-0.2, 0) is 0 Å². The van der Waals surface area contributed by atoms with Gasteiger partial charge >= 0.3 is 6.09 Å². The lowest BCUT2D eigenvalue weighted by atomic mass is 10.1. The highest BCUT2D eigenvalue weighted by atomic mass is 16.4. The third-order valence-electron chi connectivity index (χ3n) is 3.51. The highest BCUT2D eigenvalue weighted by Crippen LogP contribution is 2.37. The number of hydrogen-bond acceptors (Lipinski definition) is 2. The van der Waals surface area contributed by atoms with Crippen LogP contribution in [0.2, 0.25) is 0 Å². The number of carbonyl (C=O) groups is 1. The van der Waals surface area contributed by atoms with Gasteiger partial charge in [0.05, 0.1) is 11.4 Å². The predicted octanol–water partition coefficient (Wildman–Crippen LogP) is 2.40. The van der Waals surface area contributed by atoms with Gasteiger partial charge in [0.1, 0.15) is 0 Å². The molecule has 1 N–H and O–H groups in total. The van der Waals surface area contributed by atoms with Crippen molar-refractivity contribution in [3.05, 3.63) is 24.3 Å². The Bertz CT molecular complexity index is 443. The van der Waals surface area contributed by atoms with E-state index < -0.39 is 6.09 Å². The number of nitrogens with zero attached hydrogens (tertiary/aromatic N) is 2. The fraction of sp³-hybridized carbons (Fsp3) is 0.462. The lowest BCUT2D eigenvalue weighted by Gasteiger charge is -2.36. The summed E-state index contributed by atoms with van der Waals surface area (Å²) in [6, 6.07) is 7.79. The molecule has 1 saturated carbocycles. The maximum Gasteiger partial charge on any atom is 0.411 e. The first kappa shape index (κ1) is 10.4. The van der Waals surface area contributed by atoms with E-state index in [0.717, 1.165) is 30.4 Å². The number of carboxylic acid groups (broad SMARTS) is 1. The summed E-state index contributed by atoms with van der Waals surface area (Å²) in [7, 11) is 0. The molecule has 0 aromatic heterocycles. The zero-order valence-corrected chi connectivity index (χ0v) is 9.67. The van der Waals surface area contributed by atoms with E-state index >= 15 is 0 Å². The van der Waals surface area contributed by atoms with E-state index in [1.807, 2.05) is 24.3 Å². The average Bonchev–Trinajstić information content (AvgIpc) is 3.13. The third kappa shape index (κ3) is 1.95. The van der Waals surface area contributed by atoms with Gasteiger partial charge in [0, 0.05) is 19.6 Å². The molecule has 0 bridgehead atoms. The fourth-order valence-electron chi connectivity index (χ4n) is 2.42. The second-order valence-corrected chi connectivity index (χ2v) is 4.81. The van der Waals surface area contributed by atoms with Crippen LogP contribution in [-0.4, -0.2) is 30.8 Å². The molecule has 1 aromatic carbocycles. The molecule has 17 heavy (non-hydrogen) atoms. The first-order valence-electron chi connectivity index (χ1n) is 6.10. The predicted molar refractivity (Wildman–Crippen MR) is 66.7 cm³/mol. The van der Waals surface area contributed by atoms with Gasteiger partial charge in [0.15, 0.2) is 0 Å². The van der Waals surface area contributed by atoms with Gasteiger partial charge in [-0.3, -0.25) is 4.90 Å². The monoisotopic (exact) mass is 232 g/mol. The SMILES string of the molecule is O=C(O)N1CCN(CC2CC2)c2ccccc21. The average molecular weight is 232 g/mol. The summed E-state index contributed by atoms with van der Waals surface area (Å²) in [5.41, 5.74) is 1.89. The molecule has 1 amide bonds. The van der Waals surface area contributed by atoms with Crippen molar-refractivity contribution in [2.45, 2.75) is 12.8 Å². The summed E-state index contributed by atoms with van der Waals surface area (Å²) in [5.74, 6) is 0.819. The fourth-order valence-corrected chi connectivity index (χ4v) is 2.42. The van der Waals surface area contributed by atoms with E-state index in [9.17, 15) is 9.90 Å². The molecule has 0 spiro atoms. The summed E-state index contributed by atoms with van der Waals surface area (Å²) in [4.78, 5) is 14.9. The molecule has 4 nitrogen and oxygen atoms in total. The van der Waals surface area contributed by atoms with Crippen molar-refractivity contribution in [3.8, 4) is 0 Å². The number of para-hydroxylation sites is 2. The minimum absolute atomic E-state index is 0.569. The second-order valence-electron chi connectivity index (χ2n) is 4.81. The second kappa shape index (κ2) is 3.95. The Morgan fingerprint density at radius 3 is 2.59 bits per heavy atom.